The molecule has 14 nitrogen and oxygen atoms in total. The summed E-state index contributed by atoms with van der Waals surface area (Å²) in [5.74, 6) is 0. The largest absolute Gasteiger partial charge is 0.399 e. The first-order valence-electron chi connectivity index (χ1n) is 10.1. The number of anilines is 2. The molecule has 0 unspecified atom stereocenters. The maximum atomic E-state index is 11.7. The van der Waals surface area contributed by atoms with Crippen molar-refractivity contribution in [3.05, 3.63) is 59.7 Å². The van der Waals surface area contributed by atoms with Crippen LogP contribution in [0.2, 0.25) is 0 Å². The first kappa shape index (κ1) is 27.3. The van der Waals surface area contributed by atoms with Crippen LogP contribution in [0.3, 0.4) is 0 Å². The minimum absolute atomic E-state index is 0.262. The number of hydrogen-bond acceptors (Lipinski definition) is 10. The lowest BCUT2D eigenvalue weighted by Gasteiger charge is -2.08. The molecular formula is C21H21N7O7S2. The van der Waals surface area contributed by atoms with Gasteiger partial charge in [-0.3, -0.25) is 9.11 Å². The van der Waals surface area contributed by atoms with E-state index in [0.29, 0.717) is 28.2 Å². The zero-order chi connectivity index (χ0) is 27.5. The summed E-state index contributed by atoms with van der Waals surface area (Å²) >= 11 is 0. The van der Waals surface area contributed by atoms with Gasteiger partial charge in [-0.1, -0.05) is 0 Å². The minimum atomic E-state index is -4.77. The predicted octanol–water partition coefficient (Wildman–Crippen LogP) is 4.70. The summed E-state index contributed by atoms with van der Waals surface area (Å²) in [6.45, 7) is 3.36. The lowest BCUT2D eigenvalue weighted by molar-refractivity contribution is 0.259. The SMILES string of the molecule is Cc1cc(/N=N/c2cc(S(=O)(=O)O)ccc2S(=O)(=O)O)c(C)cc1/N=N/c1ccc(N)cc1NC(N)=O. The molecule has 0 saturated carbocycles. The molecule has 0 aromatic heterocycles. The van der Waals surface area contributed by atoms with Crippen molar-refractivity contribution < 1.29 is 30.7 Å². The van der Waals surface area contributed by atoms with Crippen molar-refractivity contribution in [2.45, 2.75) is 23.6 Å². The Kier molecular flexibility index (Phi) is 7.68. The smallest absolute Gasteiger partial charge is 0.316 e. The van der Waals surface area contributed by atoms with E-state index in [-0.39, 0.29) is 11.4 Å². The molecule has 0 heterocycles. The molecule has 37 heavy (non-hydrogen) atoms. The van der Waals surface area contributed by atoms with Crippen LogP contribution in [0.4, 0.5) is 38.9 Å². The monoisotopic (exact) mass is 547 g/mol. The number of nitrogens with two attached hydrogens (primary N) is 2. The van der Waals surface area contributed by atoms with Crippen molar-refractivity contribution in [3.8, 4) is 0 Å². The van der Waals surface area contributed by atoms with Gasteiger partial charge in [0.05, 0.1) is 22.0 Å². The lowest BCUT2D eigenvalue weighted by Crippen LogP contribution is -2.19. The molecule has 0 bridgehead atoms. The summed E-state index contributed by atoms with van der Waals surface area (Å²) in [4.78, 5) is 9.90. The van der Waals surface area contributed by atoms with E-state index in [0.717, 1.165) is 18.2 Å². The highest BCUT2D eigenvalue weighted by Gasteiger charge is 2.20. The van der Waals surface area contributed by atoms with Gasteiger partial charge in [0, 0.05) is 5.69 Å². The number of aryl methyl sites for hydroxylation is 2. The number of carbonyl (C=O) groups excluding carboxylic acids is 1. The molecule has 0 saturated heterocycles. The van der Waals surface area contributed by atoms with Crippen molar-refractivity contribution in [1.29, 1.82) is 0 Å². The Labute approximate surface area is 211 Å². The summed E-state index contributed by atoms with van der Waals surface area (Å²) in [6, 6.07) is 9.31. The first-order chi connectivity index (χ1) is 17.1. The Morgan fingerprint density at radius 3 is 1.81 bits per heavy atom. The molecule has 0 atom stereocenters. The molecule has 0 fully saturated rings. The fourth-order valence-electron chi connectivity index (χ4n) is 3.04. The minimum Gasteiger partial charge on any atom is -0.399 e. The number of hydrogen-bond donors (Lipinski definition) is 5. The first-order valence-corrected chi connectivity index (χ1v) is 13.0. The molecule has 194 valence electrons. The molecule has 0 radical (unpaired) electrons. The van der Waals surface area contributed by atoms with Gasteiger partial charge < -0.3 is 16.8 Å². The Bertz CT molecular complexity index is 1670. The van der Waals surface area contributed by atoms with E-state index in [9.17, 15) is 30.7 Å². The topological polar surface area (TPSA) is 239 Å². The molecule has 7 N–H and O–H groups in total. The summed E-state index contributed by atoms with van der Waals surface area (Å²) in [7, 11) is -9.44. The molecule has 3 aromatic carbocycles. The average molecular weight is 548 g/mol. The Morgan fingerprint density at radius 1 is 0.757 bits per heavy atom. The number of primary amides is 1. The third kappa shape index (κ3) is 6.91. The van der Waals surface area contributed by atoms with Gasteiger partial charge in [-0.05, 0) is 73.5 Å². The third-order valence-electron chi connectivity index (χ3n) is 4.83. The molecule has 3 aromatic rings. The fourth-order valence-corrected chi connectivity index (χ4v) is 4.15. The summed E-state index contributed by atoms with van der Waals surface area (Å²) < 4.78 is 64.9. The molecule has 0 spiro atoms. The average Bonchev–Trinajstić information content (AvgIpc) is 2.77. The van der Waals surface area contributed by atoms with Gasteiger partial charge in [0.1, 0.15) is 16.3 Å². The Morgan fingerprint density at radius 2 is 1.30 bits per heavy atom. The molecule has 2 amide bonds. The highest BCUT2D eigenvalue weighted by Crippen LogP contribution is 2.34. The quantitative estimate of drug-likeness (QED) is 0.157. The molecule has 3 rings (SSSR count). The Hall–Kier alpha value is -4.25. The number of azo groups is 2. The molecule has 0 aliphatic heterocycles. The maximum Gasteiger partial charge on any atom is 0.316 e. The maximum absolute atomic E-state index is 11.7. The number of benzene rings is 3. The third-order valence-corrected chi connectivity index (χ3v) is 6.58. The molecule has 16 heteroatoms. The van der Waals surface area contributed by atoms with E-state index < -0.39 is 41.7 Å². The van der Waals surface area contributed by atoms with Gasteiger partial charge >= 0.3 is 6.03 Å². The van der Waals surface area contributed by atoms with E-state index in [1.807, 2.05) is 0 Å². The number of rotatable bonds is 7. The molecular weight excluding hydrogens is 526 g/mol. The fraction of sp³-hybridized carbons (Fsp3) is 0.0952. The summed E-state index contributed by atoms with van der Waals surface area (Å²) in [6.07, 6.45) is 0. The van der Waals surface area contributed by atoms with Crippen LogP contribution in [0.25, 0.3) is 0 Å². The van der Waals surface area contributed by atoms with Crippen molar-refractivity contribution in [3.63, 3.8) is 0 Å². The number of carbonyl (C=O) groups is 1. The van der Waals surface area contributed by atoms with E-state index in [1.165, 1.54) is 6.07 Å². The van der Waals surface area contributed by atoms with Crippen LogP contribution in [0.1, 0.15) is 11.1 Å². The zero-order valence-corrected chi connectivity index (χ0v) is 20.9. The number of nitrogens with one attached hydrogen (secondary N) is 1. The highest BCUT2D eigenvalue weighted by molar-refractivity contribution is 7.86. The van der Waals surface area contributed by atoms with Crippen molar-refractivity contribution >= 4 is 60.4 Å². The van der Waals surface area contributed by atoms with E-state index in [2.05, 4.69) is 25.8 Å². The van der Waals surface area contributed by atoms with Gasteiger partial charge in [0.15, 0.2) is 0 Å². The molecule has 0 aliphatic rings. The van der Waals surface area contributed by atoms with Crippen molar-refractivity contribution in [2.75, 3.05) is 11.1 Å². The van der Waals surface area contributed by atoms with Crippen LogP contribution in [0.5, 0.6) is 0 Å². The van der Waals surface area contributed by atoms with Gasteiger partial charge in [0.25, 0.3) is 20.2 Å². The second-order valence-electron chi connectivity index (χ2n) is 7.67. The Balaban J connectivity index is 1.98. The second kappa shape index (κ2) is 10.4. The number of urea groups is 1. The normalized spacial score (nSPS) is 12.3. The summed E-state index contributed by atoms with van der Waals surface area (Å²) in [5, 5.41) is 18.5. The number of nitrogens with zero attached hydrogens (tertiary/aromatic N) is 4. The van der Waals surface area contributed by atoms with Crippen LogP contribution in [0.15, 0.2) is 78.8 Å². The number of amides is 2. The summed E-state index contributed by atoms with van der Waals surface area (Å²) in [5.41, 5.74) is 13.2. The molecule has 0 aliphatic carbocycles. The number of nitrogen functional groups attached to an aromatic ring is 1. The predicted molar refractivity (Wildman–Crippen MR) is 134 cm³/mol. The van der Waals surface area contributed by atoms with Crippen LogP contribution < -0.4 is 16.8 Å². The highest BCUT2D eigenvalue weighted by atomic mass is 32.2. The van der Waals surface area contributed by atoms with E-state index in [4.69, 9.17) is 11.5 Å². The standard InChI is InChI=1S/C21H21N7O7S2/c1-11-8-17(27-28-19-10-14(36(30,31)32)4-6-20(19)37(33,34)35)12(2)7-16(11)26-25-15-5-3-13(22)9-18(15)24-21(23)29/h3-10H,22H2,1-2H3,(H3,23,24,29)(H,30,31,32)(H,33,34,35)/b26-25+,28-27+. The van der Waals surface area contributed by atoms with Crippen LogP contribution in [-0.4, -0.2) is 32.0 Å². The van der Waals surface area contributed by atoms with Crippen molar-refractivity contribution in [2.24, 2.45) is 26.2 Å². The van der Waals surface area contributed by atoms with Gasteiger partial charge in [-0.2, -0.15) is 27.1 Å². The van der Waals surface area contributed by atoms with E-state index in [1.54, 1.807) is 38.1 Å². The van der Waals surface area contributed by atoms with Gasteiger partial charge in [-0.25, -0.2) is 4.79 Å². The zero-order valence-electron chi connectivity index (χ0n) is 19.3. The van der Waals surface area contributed by atoms with Crippen LogP contribution >= 0.6 is 0 Å². The lowest BCUT2D eigenvalue weighted by atomic mass is 10.1. The second-order valence-corrected chi connectivity index (χ2v) is 10.5. The van der Waals surface area contributed by atoms with Gasteiger partial charge in [0.2, 0.25) is 0 Å². The van der Waals surface area contributed by atoms with Crippen LogP contribution in [-0.2, 0) is 20.2 Å². The van der Waals surface area contributed by atoms with E-state index >= 15 is 0 Å². The van der Waals surface area contributed by atoms with Crippen LogP contribution in [0, 0.1) is 13.8 Å². The van der Waals surface area contributed by atoms with Gasteiger partial charge in [-0.15, -0.1) is 10.2 Å². The van der Waals surface area contributed by atoms with Crippen molar-refractivity contribution in [1.82, 2.24) is 0 Å².